The lowest BCUT2D eigenvalue weighted by Crippen LogP contribution is -2.47. The van der Waals surface area contributed by atoms with Gasteiger partial charge < -0.3 is 15.4 Å². The molecule has 0 saturated heterocycles. The van der Waals surface area contributed by atoms with Gasteiger partial charge in [-0.1, -0.05) is 26.0 Å². The van der Waals surface area contributed by atoms with Gasteiger partial charge in [0.1, 0.15) is 5.75 Å². The van der Waals surface area contributed by atoms with Crippen LogP contribution in [0.3, 0.4) is 0 Å². The quantitative estimate of drug-likeness (QED) is 0.840. The molecule has 0 radical (unpaired) electrons. The number of ether oxygens (including phenoxy) is 1. The van der Waals surface area contributed by atoms with E-state index in [2.05, 4.69) is 24.5 Å². The smallest absolute Gasteiger partial charge is 0.261 e. The third-order valence-electron chi connectivity index (χ3n) is 3.40. The van der Waals surface area contributed by atoms with E-state index in [1.54, 1.807) is 6.92 Å². The van der Waals surface area contributed by atoms with Gasteiger partial charge in [-0.3, -0.25) is 9.59 Å². The molecule has 0 saturated carbocycles. The van der Waals surface area contributed by atoms with Crippen LogP contribution in [0.4, 0.5) is 0 Å². The summed E-state index contributed by atoms with van der Waals surface area (Å²) in [4.78, 5) is 23.9. The van der Waals surface area contributed by atoms with Crippen LogP contribution in [0.25, 0.3) is 0 Å². The summed E-state index contributed by atoms with van der Waals surface area (Å²) in [6.07, 6.45) is -0.674. The minimum Gasteiger partial charge on any atom is -0.481 e. The molecule has 0 heterocycles. The molecule has 0 fully saturated rings. The minimum atomic E-state index is -0.674. The van der Waals surface area contributed by atoms with Crippen LogP contribution in [0.15, 0.2) is 18.2 Å². The zero-order valence-corrected chi connectivity index (χ0v) is 15.8. The van der Waals surface area contributed by atoms with Crippen molar-refractivity contribution in [3.05, 3.63) is 29.3 Å². The highest BCUT2D eigenvalue weighted by Gasteiger charge is 2.19. The predicted octanol–water partition coefficient (Wildman–Crippen LogP) is 2.92. The lowest BCUT2D eigenvalue weighted by atomic mass is 10.0. The zero-order chi connectivity index (χ0) is 18.5. The van der Waals surface area contributed by atoms with E-state index < -0.39 is 6.10 Å². The Morgan fingerprint density at radius 3 is 2.33 bits per heavy atom. The van der Waals surface area contributed by atoms with E-state index in [-0.39, 0.29) is 23.9 Å². The van der Waals surface area contributed by atoms with Crippen molar-refractivity contribution < 1.29 is 14.3 Å². The molecule has 0 aromatic heterocycles. The molecule has 1 unspecified atom stereocenters. The first-order valence-electron chi connectivity index (χ1n) is 8.35. The van der Waals surface area contributed by atoms with E-state index in [0.717, 1.165) is 11.1 Å². The average Bonchev–Trinajstić information content (AvgIpc) is 2.42. The third-order valence-corrected chi connectivity index (χ3v) is 3.40. The standard InChI is InChI=1S/C19H30N2O3/c1-12(2)15-9-8-13(3)10-16(15)24-14(4)18(23)20-11-17(22)21-19(5,6)7/h8-10,12,14H,11H2,1-7H3,(H,20,23)(H,21,22). The first-order chi connectivity index (χ1) is 11.0. The first kappa shape index (κ1) is 20.0. The topological polar surface area (TPSA) is 67.4 Å². The van der Waals surface area contributed by atoms with E-state index in [1.165, 1.54) is 0 Å². The van der Waals surface area contributed by atoms with Crippen LogP contribution >= 0.6 is 0 Å². The Balaban J connectivity index is 2.65. The van der Waals surface area contributed by atoms with Crippen molar-refractivity contribution in [2.45, 2.75) is 66.0 Å². The molecule has 0 bridgehead atoms. The summed E-state index contributed by atoms with van der Waals surface area (Å²) in [5, 5.41) is 5.41. The van der Waals surface area contributed by atoms with E-state index in [4.69, 9.17) is 4.74 Å². The number of benzene rings is 1. The van der Waals surface area contributed by atoms with Crippen molar-refractivity contribution in [2.75, 3.05) is 6.54 Å². The molecule has 0 aliphatic carbocycles. The Bertz CT molecular complexity index is 589. The van der Waals surface area contributed by atoms with Gasteiger partial charge in [-0.05, 0) is 57.7 Å². The zero-order valence-electron chi connectivity index (χ0n) is 15.8. The molecule has 0 aliphatic rings. The molecular formula is C19H30N2O3. The van der Waals surface area contributed by atoms with Gasteiger partial charge in [0.05, 0.1) is 6.54 Å². The van der Waals surface area contributed by atoms with Gasteiger partial charge in [0.15, 0.2) is 6.10 Å². The maximum Gasteiger partial charge on any atom is 0.261 e. The molecule has 1 atom stereocenters. The number of hydrogen-bond acceptors (Lipinski definition) is 3. The van der Waals surface area contributed by atoms with Crippen molar-refractivity contribution >= 4 is 11.8 Å². The number of nitrogens with one attached hydrogen (secondary N) is 2. The number of carbonyl (C=O) groups is 2. The van der Waals surface area contributed by atoms with Gasteiger partial charge in [0, 0.05) is 5.54 Å². The summed E-state index contributed by atoms with van der Waals surface area (Å²) in [5.74, 6) is 0.483. The Morgan fingerprint density at radius 2 is 1.79 bits per heavy atom. The number of rotatable bonds is 6. The normalized spacial score (nSPS) is 12.7. The van der Waals surface area contributed by atoms with Gasteiger partial charge in [-0.2, -0.15) is 0 Å². The Kier molecular flexibility index (Phi) is 6.81. The monoisotopic (exact) mass is 334 g/mol. The van der Waals surface area contributed by atoms with Crippen molar-refractivity contribution in [3.63, 3.8) is 0 Å². The molecule has 0 aliphatic heterocycles. The SMILES string of the molecule is Cc1ccc(C(C)C)c(OC(C)C(=O)NCC(=O)NC(C)(C)C)c1. The Hall–Kier alpha value is -2.04. The summed E-state index contributed by atoms with van der Waals surface area (Å²) < 4.78 is 5.84. The second kappa shape index (κ2) is 8.18. The van der Waals surface area contributed by atoms with Gasteiger partial charge in [0.2, 0.25) is 5.91 Å². The molecule has 24 heavy (non-hydrogen) atoms. The van der Waals surface area contributed by atoms with Crippen LogP contribution in [0.2, 0.25) is 0 Å². The molecular weight excluding hydrogens is 304 g/mol. The molecule has 5 nitrogen and oxygen atoms in total. The van der Waals surface area contributed by atoms with Gasteiger partial charge >= 0.3 is 0 Å². The van der Waals surface area contributed by atoms with E-state index in [0.29, 0.717) is 11.7 Å². The molecule has 1 aromatic rings. The Labute approximate surface area is 145 Å². The highest BCUT2D eigenvalue weighted by molar-refractivity contribution is 5.87. The molecule has 1 rings (SSSR count). The predicted molar refractivity (Wildman–Crippen MR) is 96.3 cm³/mol. The van der Waals surface area contributed by atoms with E-state index >= 15 is 0 Å². The number of amides is 2. The molecule has 2 amide bonds. The molecule has 1 aromatic carbocycles. The molecule has 0 spiro atoms. The highest BCUT2D eigenvalue weighted by Crippen LogP contribution is 2.28. The van der Waals surface area contributed by atoms with Crippen LogP contribution in [-0.2, 0) is 9.59 Å². The van der Waals surface area contributed by atoms with E-state index in [9.17, 15) is 9.59 Å². The fraction of sp³-hybridized carbons (Fsp3) is 0.579. The summed E-state index contributed by atoms with van der Waals surface area (Å²) in [6.45, 7) is 13.5. The van der Waals surface area contributed by atoms with Crippen molar-refractivity contribution in [3.8, 4) is 5.75 Å². The lowest BCUT2D eigenvalue weighted by molar-refractivity contribution is -0.130. The highest BCUT2D eigenvalue weighted by atomic mass is 16.5. The summed E-state index contributed by atoms with van der Waals surface area (Å²) >= 11 is 0. The van der Waals surface area contributed by atoms with Crippen molar-refractivity contribution in [1.29, 1.82) is 0 Å². The summed E-state index contributed by atoms with van der Waals surface area (Å²) in [7, 11) is 0. The fourth-order valence-corrected chi connectivity index (χ4v) is 2.24. The van der Waals surface area contributed by atoms with Gasteiger partial charge in [-0.15, -0.1) is 0 Å². The van der Waals surface area contributed by atoms with Gasteiger partial charge in [-0.25, -0.2) is 0 Å². The Morgan fingerprint density at radius 1 is 1.17 bits per heavy atom. The minimum absolute atomic E-state index is 0.0609. The fourth-order valence-electron chi connectivity index (χ4n) is 2.24. The maximum atomic E-state index is 12.2. The molecule has 2 N–H and O–H groups in total. The van der Waals surface area contributed by atoms with E-state index in [1.807, 2.05) is 45.9 Å². The van der Waals surface area contributed by atoms with Crippen LogP contribution in [0.5, 0.6) is 5.75 Å². The molecule has 5 heteroatoms. The molecule has 134 valence electrons. The maximum absolute atomic E-state index is 12.2. The largest absolute Gasteiger partial charge is 0.481 e. The van der Waals surface area contributed by atoms with Crippen molar-refractivity contribution in [1.82, 2.24) is 10.6 Å². The average molecular weight is 334 g/mol. The lowest BCUT2D eigenvalue weighted by Gasteiger charge is -2.22. The summed E-state index contributed by atoms with van der Waals surface area (Å²) in [5.41, 5.74) is 1.81. The van der Waals surface area contributed by atoms with Crippen molar-refractivity contribution in [2.24, 2.45) is 0 Å². The van der Waals surface area contributed by atoms with Crippen LogP contribution in [0.1, 0.15) is 58.6 Å². The van der Waals surface area contributed by atoms with Gasteiger partial charge in [0.25, 0.3) is 5.91 Å². The third kappa shape index (κ3) is 6.60. The summed E-state index contributed by atoms with van der Waals surface area (Å²) in [6, 6.07) is 5.99. The van der Waals surface area contributed by atoms with Crippen LogP contribution < -0.4 is 15.4 Å². The van der Waals surface area contributed by atoms with Crippen LogP contribution in [0, 0.1) is 6.92 Å². The first-order valence-corrected chi connectivity index (χ1v) is 8.35. The second-order valence-corrected chi connectivity index (χ2v) is 7.47. The van der Waals surface area contributed by atoms with Crippen LogP contribution in [-0.4, -0.2) is 30.0 Å². The second-order valence-electron chi connectivity index (χ2n) is 7.47. The number of hydrogen-bond donors (Lipinski definition) is 2. The number of aryl methyl sites for hydroxylation is 1. The number of carbonyl (C=O) groups excluding carboxylic acids is 2.